The molecule has 0 radical (unpaired) electrons. The zero-order valence-corrected chi connectivity index (χ0v) is 25.3. The van der Waals surface area contributed by atoms with Crippen molar-refractivity contribution in [2.45, 2.75) is 39.5 Å². The highest BCUT2D eigenvalue weighted by atomic mass is 16.5. The molecule has 4 aromatic carbocycles. The van der Waals surface area contributed by atoms with Crippen molar-refractivity contribution < 1.29 is 49.1 Å². The van der Waals surface area contributed by atoms with Gasteiger partial charge in [0.15, 0.2) is 46.1 Å². The summed E-state index contributed by atoms with van der Waals surface area (Å²) in [5, 5.41) is 41.1. The molecule has 0 spiro atoms. The fourth-order valence-electron chi connectivity index (χ4n) is 5.34. The first-order valence-electron chi connectivity index (χ1n) is 14.9. The van der Waals surface area contributed by atoms with Gasteiger partial charge in [-0.25, -0.2) is 0 Å². The number of phenolic OH excluding ortho intramolecular Hbond substituents is 4. The molecule has 0 unspecified atom stereocenters. The van der Waals surface area contributed by atoms with Crippen molar-refractivity contribution in [2.24, 2.45) is 0 Å². The van der Waals surface area contributed by atoms with E-state index in [0.717, 1.165) is 25.7 Å². The van der Waals surface area contributed by atoms with Gasteiger partial charge in [-0.1, -0.05) is 75.2 Å². The number of rotatable bonds is 8. The third-order valence-corrected chi connectivity index (χ3v) is 7.74. The van der Waals surface area contributed by atoms with Gasteiger partial charge in [0, 0.05) is 34.4 Å². The van der Waals surface area contributed by atoms with Crippen LogP contribution in [0.5, 0.6) is 34.5 Å². The van der Waals surface area contributed by atoms with Crippen molar-refractivity contribution >= 4 is 23.1 Å². The summed E-state index contributed by atoms with van der Waals surface area (Å²) in [6, 6.07) is 15.1. The van der Waals surface area contributed by atoms with Crippen LogP contribution in [0, 0.1) is 0 Å². The lowest BCUT2D eigenvalue weighted by atomic mass is 9.83. The molecule has 10 heteroatoms. The Hall–Kier alpha value is -5.64. The molecule has 236 valence electrons. The van der Waals surface area contributed by atoms with Crippen molar-refractivity contribution in [1.29, 1.82) is 0 Å². The predicted molar refractivity (Wildman–Crippen MR) is 167 cm³/mol. The average Bonchev–Trinajstić information content (AvgIpc) is 3.05. The van der Waals surface area contributed by atoms with Crippen LogP contribution in [0.15, 0.2) is 60.7 Å². The molecule has 0 heterocycles. The van der Waals surface area contributed by atoms with Gasteiger partial charge in [-0.05, 0) is 12.8 Å². The molecule has 2 aliphatic rings. The zero-order valence-electron chi connectivity index (χ0n) is 25.3. The molecule has 0 aromatic heterocycles. The van der Waals surface area contributed by atoms with Gasteiger partial charge in [-0.2, -0.15) is 0 Å². The molecule has 4 aromatic rings. The number of phenols is 4. The lowest BCUT2D eigenvalue weighted by Gasteiger charge is -2.21. The van der Waals surface area contributed by atoms with Gasteiger partial charge in [0.1, 0.15) is 11.5 Å². The maximum Gasteiger partial charge on any atom is 0.198 e. The number of unbranched alkanes of at least 4 members (excludes halogenated alkanes) is 2. The third-order valence-electron chi connectivity index (χ3n) is 7.74. The van der Waals surface area contributed by atoms with Crippen LogP contribution in [0.2, 0.25) is 0 Å². The van der Waals surface area contributed by atoms with E-state index < -0.39 is 34.6 Å². The largest absolute Gasteiger partial charge is 0.507 e. The van der Waals surface area contributed by atoms with Crippen LogP contribution < -0.4 is 9.47 Å². The average molecular weight is 625 g/mol. The van der Waals surface area contributed by atoms with E-state index in [4.69, 9.17) is 9.47 Å². The summed E-state index contributed by atoms with van der Waals surface area (Å²) >= 11 is 0. The van der Waals surface area contributed by atoms with Crippen LogP contribution in [-0.4, -0.2) is 56.8 Å². The molecule has 0 saturated carbocycles. The van der Waals surface area contributed by atoms with Crippen molar-refractivity contribution in [3.63, 3.8) is 0 Å². The number of fused-ring (bicyclic) bond motifs is 4. The number of ketones is 4. The summed E-state index contributed by atoms with van der Waals surface area (Å²) < 4.78 is 10.8. The summed E-state index contributed by atoms with van der Waals surface area (Å²) in [5.74, 6) is -3.47. The van der Waals surface area contributed by atoms with E-state index in [-0.39, 0.29) is 67.5 Å². The van der Waals surface area contributed by atoms with E-state index in [1.54, 1.807) is 24.3 Å². The van der Waals surface area contributed by atoms with Crippen LogP contribution in [0.4, 0.5) is 0 Å². The molecule has 2 aliphatic carbocycles. The maximum absolute atomic E-state index is 12.6. The number of carbonyl (C=O) groups excluding carboxylic acids is 4. The van der Waals surface area contributed by atoms with E-state index >= 15 is 0 Å². The predicted octanol–water partition coefficient (Wildman–Crippen LogP) is 6.10. The van der Waals surface area contributed by atoms with E-state index in [1.165, 1.54) is 36.4 Å². The van der Waals surface area contributed by atoms with Crippen LogP contribution in [0.3, 0.4) is 0 Å². The van der Waals surface area contributed by atoms with Gasteiger partial charge < -0.3 is 29.9 Å². The Morgan fingerprint density at radius 1 is 0.500 bits per heavy atom. The summed E-state index contributed by atoms with van der Waals surface area (Å²) in [6.07, 6.45) is 3.35. The normalized spacial score (nSPS) is 12.7. The topological polar surface area (TPSA) is 168 Å². The SMILES string of the molecule is CCCCOc1cc(O)c2c(c1O)C(=O)c1ccccc1C2=O.CCCCOc1cc(O)c2c(c1O)C(=O)c1ccccc1C2=O. The molecule has 4 N–H and O–H groups in total. The summed E-state index contributed by atoms with van der Waals surface area (Å²) in [5.41, 5.74) is 0.137. The van der Waals surface area contributed by atoms with Crippen LogP contribution in [0.1, 0.15) is 103 Å². The summed E-state index contributed by atoms with van der Waals surface area (Å²) in [4.78, 5) is 50.3. The highest BCUT2D eigenvalue weighted by Crippen LogP contribution is 2.44. The molecule has 0 fully saturated rings. The monoisotopic (exact) mass is 624 g/mol. The number of aromatic hydroxyl groups is 4. The first-order valence-corrected chi connectivity index (χ1v) is 14.9. The molecule has 0 saturated heterocycles. The first kappa shape index (κ1) is 31.8. The fraction of sp³-hybridized carbons (Fsp3) is 0.222. The Morgan fingerprint density at radius 3 is 1.11 bits per heavy atom. The highest BCUT2D eigenvalue weighted by Gasteiger charge is 2.37. The van der Waals surface area contributed by atoms with Crippen molar-refractivity contribution in [3.05, 3.63) is 105 Å². The number of hydrogen-bond donors (Lipinski definition) is 4. The number of hydrogen-bond acceptors (Lipinski definition) is 10. The smallest absolute Gasteiger partial charge is 0.198 e. The molecule has 0 amide bonds. The van der Waals surface area contributed by atoms with Gasteiger partial charge in [0.2, 0.25) is 0 Å². The third kappa shape index (κ3) is 5.53. The van der Waals surface area contributed by atoms with E-state index in [9.17, 15) is 39.6 Å². The number of benzene rings is 4. The summed E-state index contributed by atoms with van der Waals surface area (Å²) in [6.45, 7) is 4.68. The molecule has 0 bridgehead atoms. The van der Waals surface area contributed by atoms with E-state index in [1.807, 2.05) is 13.8 Å². The molecular weight excluding hydrogens is 592 g/mol. The minimum absolute atomic E-state index is 0.00947. The first-order chi connectivity index (χ1) is 22.1. The van der Waals surface area contributed by atoms with Gasteiger partial charge in [0.05, 0.1) is 35.5 Å². The minimum Gasteiger partial charge on any atom is -0.507 e. The quantitative estimate of drug-likeness (QED) is 0.115. The van der Waals surface area contributed by atoms with Gasteiger partial charge >= 0.3 is 0 Å². The Labute approximate surface area is 264 Å². The molecule has 46 heavy (non-hydrogen) atoms. The Balaban J connectivity index is 0.000000181. The van der Waals surface area contributed by atoms with Crippen LogP contribution in [0.25, 0.3) is 0 Å². The molecule has 0 atom stereocenters. The van der Waals surface area contributed by atoms with E-state index in [2.05, 4.69) is 0 Å². The standard InChI is InChI=1S/2C18H16O5/c2*1-2-3-8-23-13-9-12(19)14-15(18(13)22)17(21)11-7-5-4-6-10(11)16(14)20/h2*4-7,9,19,22H,2-3,8H2,1H3. The minimum atomic E-state index is -0.496. The second-order valence-corrected chi connectivity index (χ2v) is 10.8. The number of ether oxygens (including phenoxy) is 2. The zero-order chi connectivity index (χ0) is 33.1. The second-order valence-electron chi connectivity index (χ2n) is 10.8. The second kappa shape index (κ2) is 13.2. The Morgan fingerprint density at radius 2 is 0.804 bits per heavy atom. The van der Waals surface area contributed by atoms with Crippen LogP contribution >= 0.6 is 0 Å². The molecule has 0 aliphatic heterocycles. The van der Waals surface area contributed by atoms with Gasteiger partial charge in [-0.3, -0.25) is 19.2 Å². The van der Waals surface area contributed by atoms with Crippen molar-refractivity contribution in [1.82, 2.24) is 0 Å². The fourth-order valence-corrected chi connectivity index (χ4v) is 5.34. The van der Waals surface area contributed by atoms with Crippen molar-refractivity contribution in [2.75, 3.05) is 13.2 Å². The molecular formula is C36H32O10. The lowest BCUT2D eigenvalue weighted by Crippen LogP contribution is -2.21. The Kier molecular flexibility index (Phi) is 9.08. The van der Waals surface area contributed by atoms with Gasteiger partial charge in [0.25, 0.3) is 0 Å². The van der Waals surface area contributed by atoms with Gasteiger partial charge in [-0.15, -0.1) is 0 Å². The highest BCUT2D eigenvalue weighted by molar-refractivity contribution is 6.31. The molecule has 6 rings (SSSR count). The van der Waals surface area contributed by atoms with Crippen molar-refractivity contribution in [3.8, 4) is 34.5 Å². The maximum atomic E-state index is 12.6. The van der Waals surface area contributed by atoms with Crippen LogP contribution in [-0.2, 0) is 0 Å². The lowest BCUT2D eigenvalue weighted by molar-refractivity contribution is 0.0973. The number of carbonyl (C=O) groups is 4. The molecule has 10 nitrogen and oxygen atoms in total. The Bertz CT molecular complexity index is 1750. The summed E-state index contributed by atoms with van der Waals surface area (Å²) in [7, 11) is 0. The van der Waals surface area contributed by atoms with E-state index in [0.29, 0.717) is 13.2 Å².